The minimum Gasteiger partial charge on any atom is -0.394 e. The van der Waals surface area contributed by atoms with Crippen molar-refractivity contribution in [2.75, 3.05) is 19.8 Å². The van der Waals surface area contributed by atoms with Gasteiger partial charge in [0.25, 0.3) is 0 Å². The van der Waals surface area contributed by atoms with Gasteiger partial charge in [0.1, 0.15) is 0 Å². The van der Waals surface area contributed by atoms with Crippen LogP contribution in [0, 0.1) is 5.92 Å². The zero-order chi connectivity index (χ0) is 19.5. The van der Waals surface area contributed by atoms with Gasteiger partial charge in [0.05, 0.1) is 6.61 Å². The molecular formula is C21H30F3NO2. The molecule has 3 atom stereocenters. The summed E-state index contributed by atoms with van der Waals surface area (Å²) in [5.41, 5.74) is 9.79. The smallest absolute Gasteiger partial charge is 0.389 e. The van der Waals surface area contributed by atoms with E-state index in [9.17, 15) is 18.3 Å². The molecule has 0 saturated heterocycles. The Bertz CT molecular complexity index is 634. The average molecular weight is 385 g/mol. The molecule has 3 nitrogen and oxygen atoms in total. The fourth-order valence-electron chi connectivity index (χ4n) is 4.46. The number of aryl methyl sites for hydroxylation is 1. The molecule has 0 spiro atoms. The Morgan fingerprint density at radius 2 is 2.04 bits per heavy atom. The number of hydrogen-bond acceptors (Lipinski definition) is 3. The minimum atomic E-state index is -4.09. The summed E-state index contributed by atoms with van der Waals surface area (Å²) in [5, 5.41) is 9.46. The van der Waals surface area contributed by atoms with Gasteiger partial charge in [-0.25, -0.2) is 0 Å². The Balaban J connectivity index is 1.48. The van der Waals surface area contributed by atoms with Gasteiger partial charge in [-0.3, -0.25) is 0 Å². The predicted octanol–water partition coefficient (Wildman–Crippen LogP) is 4.11. The number of aliphatic hydroxyl groups is 1. The van der Waals surface area contributed by atoms with E-state index in [1.807, 2.05) is 0 Å². The molecular weight excluding hydrogens is 355 g/mol. The van der Waals surface area contributed by atoms with E-state index in [2.05, 4.69) is 18.2 Å². The first-order valence-electron chi connectivity index (χ1n) is 9.94. The van der Waals surface area contributed by atoms with Gasteiger partial charge >= 0.3 is 6.18 Å². The van der Waals surface area contributed by atoms with Gasteiger partial charge in [0.15, 0.2) is 0 Å². The van der Waals surface area contributed by atoms with Gasteiger partial charge in [-0.1, -0.05) is 18.2 Å². The standard InChI is InChI=1S/C21H30F3NO2/c22-21(23,24)7-1-9-27-13-15-2-3-17-11-18(5-4-16(17)10-15)19-6-8-20(25,12-19)14-26/h4-5,11,15,19,26H,1-3,6-10,12-14,25H2/t15-,19-,20+/m0/s1. The van der Waals surface area contributed by atoms with Crippen LogP contribution in [0.25, 0.3) is 0 Å². The highest BCUT2D eigenvalue weighted by molar-refractivity contribution is 5.36. The first-order chi connectivity index (χ1) is 12.8. The van der Waals surface area contributed by atoms with Gasteiger partial charge < -0.3 is 15.6 Å². The highest BCUT2D eigenvalue weighted by Crippen LogP contribution is 2.40. The molecule has 0 bridgehead atoms. The molecule has 0 aliphatic heterocycles. The number of aliphatic hydroxyl groups excluding tert-OH is 1. The van der Waals surface area contributed by atoms with E-state index in [1.165, 1.54) is 16.7 Å². The van der Waals surface area contributed by atoms with Crippen molar-refractivity contribution in [2.45, 2.75) is 69.0 Å². The van der Waals surface area contributed by atoms with Gasteiger partial charge in [-0.05, 0) is 73.5 Å². The molecule has 0 radical (unpaired) electrons. The summed E-state index contributed by atoms with van der Waals surface area (Å²) in [6.07, 6.45) is 0.804. The third kappa shape index (κ3) is 5.69. The summed E-state index contributed by atoms with van der Waals surface area (Å²) < 4.78 is 41.9. The Labute approximate surface area is 159 Å². The van der Waals surface area contributed by atoms with E-state index in [4.69, 9.17) is 10.5 Å². The van der Waals surface area contributed by atoms with Crippen molar-refractivity contribution in [3.8, 4) is 0 Å². The van der Waals surface area contributed by atoms with Crippen molar-refractivity contribution in [3.63, 3.8) is 0 Å². The zero-order valence-electron chi connectivity index (χ0n) is 15.7. The SMILES string of the molecule is N[C@]1(CO)CC[C@H](c2ccc3c(c2)CC[C@H](COCCCC(F)(F)F)C3)C1. The lowest BCUT2D eigenvalue weighted by Crippen LogP contribution is -2.40. The monoisotopic (exact) mass is 385 g/mol. The molecule has 1 aromatic rings. The Morgan fingerprint density at radius 1 is 1.22 bits per heavy atom. The fourth-order valence-corrected chi connectivity index (χ4v) is 4.46. The largest absolute Gasteiger partial charge is 0.394 e. The fraction of sp³-hybridized carbons (Fsp3) is 0.714. The third-order valence-electron chi connectivity index (χ3n) is 6.09. The third-order valence-corrected chi connectivity index (χ3v) is 6.09. The Morgan fingerprint density at radius 3 is 2.74 bits per heavy atom. The van der Waals surface area contributed by atoms with Crippen molar-refractivity contribution in [3.05, 3.63) is 34.9 Å². The second-order valence-electron chi connectivity index (χ2n) is 8.39. The molecule has 0 amide bonds. The van der Waals surface area contributed by atoms with Crippen LogP contribution >= 0.6 is 0 Å². The number of nitrogens with two attached hydrogens (primary N) is 1. The van der Waals surface area contributed by atoms with Crippen LogP contribution in [-0.2, 0) is 17.6 Å². The second kappa shape index (κ2) is 8.50. The maximum atomic E-state index is 12.1. The number of rotatable bonds is 7. The van der Waals surface area contributed by atoms with Crippen molar-refractivity contribution in [2.24, 2.45) is 11.7 Å². The van der Waals surface area contributed by atoms with Crippen LogP contribution in [0.4, 0.5) is 13.2 Å². The highest BCUT2D eigenvalue weighted by atomic mass is 19.4. The lowest BCUT2D eigenvalue weighted by atomic mass is 9.82. The minimum absolute atomic E-state index is 0.0357. The van der Waals surface area contributed by atoms with Crippen molar-refractivity contribution < 1.29 is 23.0 Å². The summed E-state index contributed by atoms with van der Waals surface area (Å²) in [6, 6.07) is 6.67. The molecule has 152 valence electrons. The maximum Gasteiger partial charge on any atom is 0.389 e. The van der Waals surface area contributed by atoms with E-state index in [1.54, 1.807) is 0 Å². The number of halogens is 3. The number of hydrogen-bond donors (Lipinski definition) is 2. The van der Waals surface area contributed by atoms with E-state index >= 15 is 0 Å². The maximum absolute atomic E-state index is 12.1. The molecule has 0 aromatic heterocycles. The van der Waals surface area contributed by atoms with Gasteiger partial charge in [0.2, 0.25) is 0 Å². The first-order valence-corrected chi connectivity index (χ1v) is 9.94. The molecule has 3 rings (SSSR count). The topological polar surface area (TPSA) is 55.5 Å². The molecule has 2 aliphatic carbocycles. The quantitative estimate of drug-likeness (QED) is 0.695. The molecule has 1 saturated carbocycles. The summed E-state index contributed by atoms with van der Waals surface area (Å²) >= 11 is 0. The number of ether oxygens (including phenoxy) is 1. The summed E-state index contributed by atoms with van der Waals surface area (Å²) in [5.74, 6) is 0.800. The summed E-state index contributed by atoms with van der Waals surface area (Å²) in [7, 11) is 0. The lowest BCUT2D eigenvalue weighted by molar-refractivity contribution is -0.138. The van der Waals surface area contributed by atoms with Crippen molar-refractivity contribution >= 4 is 0 Å². The molecule has 2 aliphatic rings. The average Bonchev–Trinajstić information content (AvgIpc) is 3.03. The van der Waals surface area contributed by atoms with Crippen LogP contribution in [-0.4, -0.2) is 36.6 Å². The normalized spacial score (nSPS) is 28.3. The number of fused-ring (bicyclic) bond motifs is 1. The van der Waals surface area contributed by atoms with Crippen LogP contribution in [0.5, 0.6) is 0 Å². The Hall–Kier alpha value is -1.11. The molecule has 27 heavy (non-hydrogen) atoms. The number of benzene rings is 1. The number of alkyl halides is 3. The van der Waals surface area contributed by atoms with Crippen LogP contribution in [0.15, 0.2) is 18.2 Å². The summed E-state index contributed by atoms with van der Waals surface area (Å²) in [4.78, 5) is 0. The van der Waals surface area contributed by atoms with E-state index in [-0.39, 0.29) is 19.6 Å². The van der Waals surface area contributed by atoms with Crippen LogP contribution in [0.2, 0.25) is 0 Å². The molecule has 1 fully saturated rings. The molecule has 0 unspecified atom stereocenters. The van der Waals surface area contributed by atoms with Gasteiger partial charge in [-0.2, -0.15) is 13.2 Å². The van der Waals surface area contributed by atoms with Crippen LogP contribution in [0.3, 0.4) is 0 Å². The van der Waals surface area contributed by atoms with Gasteiger partial charge in [0, 0.05) is 25.2 Å². The van der Waals surface area contributed by atoms with Crippen LogP contribution in [0.1, 0.15) is 61.1 Å². The van der Waals surface area contributed by atoms with E-state index < -0.39 is 18.1 Å². The lowest BCUT2D eigenvalue weighted by Gasteiger charge is -2.26. The zero-order valence-corrected chi connectivity index (χ0v) is 15.7. The second-order valence-corrected chi connectivity index (χ2v) is 8.39. The van der Waals surface area contributed by atoms with Crippen LogP contribution < -0.4 is 5.73 Å². The van der Waals surface area contributed by atoms with E-state index in [0.717, 1.165) is 38.5 Å². The predicted molar refractivity (Wildman–Crippen MR) is 98.7 cm³/mol. The first kappa shape index (κ1) is 20.6. The van der Waals surface area contributed by atoms with Crippen molar-refractivity contribution in [1.29, 1.82) is 0 Å². The Kier molecular flexibility index (Phi) is 6.49. The molecule has 6 heteroatoms. The highest BCUT2D eigenvalue weighted by Gasteiger charge is 2.36. The molecule has 1 aromatic carbocycles. The molecule has 0 heterocycles. The van der Waals surface area contributed by atoms with E-state index in [0.29, 0.717) is 18.4 Å². The van der Waals surface area contributed by atoms with Gasteiger partial charge in [-0.15, -0.1) is 0 Å². The summed E-state index contributed by atoms with van der Waals surface area (Å²) in [6.45, 7) is 0.752. The molecule has 3 N–H and O–H groups in total. The van der Waals surface area contributed by atoms with Crippen molar-refractivity contribution in [1.82, 2.24) is 0 Å².